The molecule has 0 fully saturated rings. The highest BCUT2D eigenvalue weighted by atomic mass is 19.4. The Morgan fingerprint density at radius 3 is 2.03 bits per heavy atom. The Morgan fingerprint density at radius 2 is 1.41 bits per heavy atom. The maximum Gasteiger partial charge on any atom is 0.433 e. The van der Waals surface area contributed by atoms with Gasteiger partial charge in [0, 0.05) is 17.6 Å². The van der Waals surface area contributed by atoms with Gasteiger partial charge in [0.1, 0.15) is 11.5 Å². The lowest BCUT2D eigenvalue weighted by molar-refractivity contribution is -0.141. The van der Waals surface area contributed by atoms with Gasteiger partial charge in [-0.25, -0.2) is 9.18 Å². The Kier molecular flexibility index (Phi) is 6.75. The number of anilines is 3. The third kappa shape index (κ3) is 5.99. The van der Waals surface area contributed by atoms with Gasteiger partial charge in [0.2, 0.25) is 0 Å². The van der Waals surface area contributed by atoms with Crippen molar-refractivity contribution in [2.75, 3.05) is 16.0 Å². The van der Waals surface area contributed by atoms with Gasteiger partial charge in [-0.3, -0.25) is 9.78 Å². The molecule has 0 radical (unpaired) electrons. The van der Waals surface area contributed by atoms with Crippen molar-refractivity contribution in [3.8, 4) is 0 Å². The SMILES string of the molecule is O=C(Nc1ccnc(C(F)(F)F)c1)Nc1ccc(NC(=O)c2ccccc2F)c(C(F)(F)F)c1. The highest BCUT2D eigenvalue weighted by Crippen LogP contribution is 2.37. The minimum atomic E-state index is -4.97. The molecule has 1 heterocycles. The molecule has 34 heavy (non-hydrogen) atoms. The molecular formula is C21H13F7N4O2. The van der Waals surface area contributed by atoms with Gasteiger partial charge in [-0.1, -0.05) is 12.1 Å². The van der Waals surface area contributed by atoms with Crippen molar-refractivity contribution in [2.24, 2.45) is 0 Å². The lowest BCUT2D eigenvalue weighted by atomic mass is 10.1. The summed E-state index contributed by atoms with van der Waals surface area (Å²) in [7, 11) is 0. The van der Waals surface area contributed by atoms with Crippen LogP contribution in [-0.2, 0) is 12.4 Å². The fourth-order valence-electron chi connectivity index (χ4n) is 2.76. The number of carbonyl (C=O) groups excluding carboxylic acids is 2. The van der Waals surface area contributed by atoms with Gasteiger partial charge >= 0.3 is 18.4 Å². The molecular weight excluding hydrogens is 473 g/mol. The minimum Gasteiger partial charge on any atom is -0.321 e. The molecule has 6 nitrogen and oxygen atoms in total. The molecule has 3 amide bonds. The number of hydrogen-bond donors (Lipinski definition) is 3. The van der Waals surface area contributed by atoms with Gasteiger partial charge in [-0.2, -0.15) is 26.3 Å². The fraction of sp³-hybridized carbons (Fsp3) is 0.0952. The first-order valence-corrected chi connectivity index (χ1v) is 9.23. The predicted octanol–water partition coefficient (Wildman–Crippen LogP) is 6.15. The number of aromatic nitrogens is 1. The number of pyridine rings is 1. The molecule has 0 atom stereocenters. The normalized spacial score (nSPS) is 11.6. The van der Waals surface area contributed by atoms with Crippen molar-refractivity contribution in [1.29, 1.82) is 0 Å². The minimum absolute atomic E-state index is 0.301. The molecule has 0 bridgehead atoms. The molecule has 0 aliphatic heterocycles. The summed E-state index contributed by atoms with van der Waals surface area (Å²) in [6, 6.07) is 7.50. The second-order valence-corrected chi connectivity index (χ2v) is 6.70. The van der Waals surface area contributed by atoms with Gasteiger partial charge in [0.25, 0.3) is 5.91 Å². The summed E-state index contributed by atoms with van der Waals surface area (Å²) in [6.45, 7) is 0. The summed E-state index contributed by atoms with van der Waals surface area (Å²) in [4.78, 5) is 27.4. The molecule has 0 saturated carbocycles. The number of amides is 3. The quantitative estimate of drug-likeness (QED) is 0.387. The Bertz CT molecular complexity index is 1230. The Hall–Kier alpha value is -4.16. The van der Waals surface area contributed by atoms with Crippen LogP contribution in [0.3, 0.4) is 0 Å². The maximum absolute atomic E-state index is 13.8. The average Bonchev–Trinajstić information content (AvgIpc) is 2.74. The molecule has 178 valence electrons. The van der Waals surface area contributed by atoms with E-state index in [0.29, 0.717) is 12.1 Å². The molecule has 0 unspecified atom stereocenters. The first-order chi connectivity index (χ1) is 15.8. The number of nitrogens with zero attached hydrogens (tertiary/aromatic N) is 1. The lowest BCUT2D eigenvalue weighted by Crippen LogP contribution is -2.21. The molecule has 3 rings (SSSR count). The van der Waals surface area contributed by atoms with Crippen LogP contribution in [0.25, 0.3) is 0 Å². The van der Waals surface area contributed by atoms with E-state index >= 15 is 0 Å². The van der Waals surface area contributed by atoms with E-state index in [-0.39, 0.29) is 11.4 Å². The van der Waals surface area contributed by atoms with E-state index in [1.54, 1.807) is 0 Å². The number of alkyl halides is 6. The van der Waals surface area contributed by atoms with Gasteiger partial charge in [-0.15, -0.1) is 0 Å². The molecule has 0 aliphatic rings. The highest BCUT2D eigenvalue weighted by Gasteiger charge is 2.35. The van der Waals surface area contributed by atoms with E-state index < -0.39 is 52.6 Å². The first kappa shape index (κ1) is 24.5. The van der Waals surface area contributed by atoms with E-state index in [4.69, 9.17) is 0 Å². The third-order valence-corrected chi connectivity index (χ3v) is 4.26. The standard InChI is InChI=1S/C21H13F7N4O2/c22-15-4-2-1-3-13(15)18(33)32-16-6-5-11(9-14(16)20(23,24)25)30-19(34)31-12-7-8-29-17(10-12)21(26,27)28/h1-10H,(H,32,33)(H2,29,30,31,34). The summed E-state index contributed by atoms with van der Waals surface area (Å²) in [5, 5.41) is 6.09. The van der Waals surface area contributed by atoms with Crippen molar-refractivity contribution >= 4 is 29.0 Å². The second-order valence-electron chi connectivity index (χ2n) is 6.70. The zero-order valence-electron chi connectivity index (χ0n) is 16.7. The summed E-state index contributed by atoms with van der Waals surface area (Å²) in [5.41, 5.74) is -4.48. The Labute approximate surface area is 186 Å². The number of rotatable bonds is 4. The van der Waals surface area contributed by atoms with Crippen LogP contribution in [0, 0.1) is 5.82 Å². The molecule has 1 aromatic heterocycles. The third-order valence-electron chi connectivity index (χ3n) is 4.26. The monoisotopic (exact) mass is 486 g/mol. The summed E-state index contributed by atoms with van der Waals surface area (Å²) in [6.07, 6.45) is -8.94. The molecule has 0 aliphatic carbocycles. The number of halogens is 7. The first-order valence-electron chi connectivity index (χ1n) is 9.23. The molecule has 3 aromatic rings. The van der Waals surface area contributed by atoms with Crippen LogP contribution in [0.5, 0.6) is 0 Å². The van der Waals surface area contributed by atoms with Gasteiger partial charge < -0.3 is 16.0 Å². The smallest absolute Gasteiger partial charge is 0.321 e. The van der Waals surface area contributed by atoms with Crippen LogP contribution in [0.4, 0.5) is 52.6 Å². The zero-order valence-corrected chi connectivity index (χ0v) is 16.7. The average molecular weight is 486 g/mol. The van der Waals surface area contributed by atoms with Gasteiger partial charge in [0.05, 0.1) is 16.8 Å². The highest BCUT2D eigenvalue weighted by molar-refractivity contribution is 6.05. The number of urea groups is 1. The lowest BCUT2D eigenvalue weighted by Gasteiger charge is -2.16. The van der Waals surface area contributed by atoms with Gasteiger partial charge in [-0.05, 0) is 42.5 Å². The van der Waals surface area contributed by atoms with Crippen molar-refractivity contribution < 1.29 is 40.3 Å². The number of benzene rings is 2. The van der Waals surface area contributed by atoms with E-state index in [1.165, 1.54) is 12.1 Å². The number of nitrogens with one attached hydrogen (secondary N) is 3. The Morgan fingerprint density at radius 1 is 0.765 bits per heavy atom. The summed E-state index contributed by atoms with van der Waals surface area (Å²) in [5.74, 6) is -2.06. The van der Waals surface area contributed by atoms with Crippen molar-refractivity contribution in [1.82, 2.24) is 4.98 Å². The number of hydrogen-bond acceptors (Lipinski definition) is 3. The van der Waals surface area contributed by atoms with Crippen LogP contribution in [-0.4, -0.2) is 16.9 Å². The van der Waals surface area contributed by atoms with E-state index in [0.717, 1.165) is 36.5 Å². The van der Waals surface area contributed by atoms with E-state index in [2.05, 4.69) is 15.6 Å². The van der Waals surface area contributed by atoms with E-state index in [1.807, 2.05) is 5.32 Å². The number of carbonyl (C=O) groups is 2. The van der Waals surface area contributed by atoms with Crippen LogP contribution >= 0.6 is 0 Å². The maximum atomic E-state index is 13.8. The molecule has 0 saturated heterocycles. The molecule has 3 N–H and O–H groups in total. The second kappa shape index (κ2) is 9.37. The van der Waals surface area contributed by atoms with E-state index in [9.17, 15) is 40.3 Å². The fourth-order valence-corrected chi connectivity index (χ4v) is 2.76. The Balaban J connectivity index is 1.79. The van der Waals surface area contributed by atoms with Crippen molar-refractivity contribution in [2.45, 2.75) is 12.4 Å². The van der Waals surface area contributed by atoms with Crippen LogP contribution in [0.15, 0.2) is 60.8 Å². The van der Waals surface area contributed by atoms with Crippen molar-refractivity contribution in [3.05, 3.63) is 83.4 Å². The largest absolute Gasteiger partial charge is 0.433 e. The summed E-state index contributed by atoms with van der Waals surface area (Å²) >= 11 is 0. The zero-order chi connectivity index (χ0) is 25.1. The molecule has 13 heteroatoms. The van der Waals surface area contributed by atoms with Gasteiger partial charge in [0.15, 0.2) is 0 Å². The van der Waals surface area contributed by atoms with Crippen LogP contribution < -0.4 is 16.0 Å². The molecule has 0 spiro atoms. The van der Waals surface area contributed by atoms with Crippen LogP contribution in [0.1, 0.15) is 21.6 Å². The summed E-state index contributed by atoms with van der Waals surface area (Å²) < 4.78 is 92.5. The topological polar surface area (TPSA) is 83.1 Å². The van der Waals surface area contributed by atoms with Crippen molar-refractivity contribution in [3.63, 3.8) is 0 Å². The predicted molar refractivity (Wildman–Crippen MR) is 108 cm³/mol. The molecule has 2 aromatic carbocycles. The van der Waals surface area contributed by atoms with Crippen LogP contribution in [0.2, 0.25) is 0 Å².